The molecule has 180 valence electrons. The molecule has 0 saturated carbocycles. The first kappa shape index (κ1) is 22.3. The van der Waals surface area contributed by atoms with E-state index in [0.29, 0.717) is 30.3 Å². The average Bonchev–Trinajstić information content (AvgIpc) is 3.53. The van der Waals surface area contributed by atoms with Crippen LogP contribution in [0, 0.1) is 0 Å². The Bertz CT molecular complexity index is 1510. The second kappa shape index (κ2) is 9.47. The molecule has 0 radical (unpaired) electrons. The monoisotopic (exact) mass is 496 g/mol. The topological polar surface area (TPSA) is 78.3 Å². The molecular formula is C28H24N4O3S. The van der Waals surface area contributed by atoms with E-state index in [0.717, 1.165) is 32.9 Å². The summed E-state index contributed by atoms with van der Waals surface area (Å²) in [5.41, 5.74) is 4.06. The zero-order valence-corrected chi connectivity index (χ0v) is 20.5. The van der Waals surface area contributed by atoms with Gasteiger partial charge < -0.3 is 14.8 Å². The highest BCUT2D eigenvalue weighted by molar-refractivity contribution is 7.20. The van der Waals surface area contributed by atoms with E-state index in [1.54, 1.807) is 23.1 Å². The van der Waals surface area contributed by atoms with Gasteiger partial charge >= 0.3 is 0 Å². The number of nitrogens with one attached hydrogen (secondary N) is 1. The smallest absolute Gasteiger partial charge is 0.226 e. The fraction of sp³-hybridized carbons (Fsp3) is 0.179. The molecule has 8 heteroatoms. The molecule has 7 nitrogen and oxygen atoms in total. The van der Waals surface area contributed by atoms with Gasteiger partial charge in [0.2, 0.25) is 11.0 Å². The Morgan fingerprint density at radius 2 is 1.89 bits per heavy atom. The zero-order chi connectivity index (χ0) is 24.5. The molecule has 36 heavy (non-hydrogen) atoms. The molecule has 0 bridgehead atoms. The predicted molar refractivity (Wildman–Crippen MR) is 140 cm³/mol. The molecule has 2 aromatic heterocycles. The molecule has 1 N–H and O–H groups in total. The summed E-state index contributed by atoms with van der Waals surface area (Å²) < 4.78 is 14.5. The largest absolute Gasteiger partial charge is 0.493 e. The Morgan fingerprint density at radius 1 is 1.06 bits per heavy atom. The van der Waals surface area contributed by atoms with E-state index >= 15 is 0 Å². The summed E-state index contributed by atoms with van der Waals surface area (Å²) >= 11 is 1.54. The Labute approximate surface area is 212 Å². The molecule has 6 rings (SSSR count). The second-order valence-electron chi connectivity index (χ2n) is 8.62. The van der Waals surface area contributed by atoms with Crippen molar-refractivity contribution >= 4 is 33.3 Å². The number of benzene rings is 3. The van der Waals surface area contributed by atoms with Crippen LogP contribution in [0.15, 0.2) is 79.0 Å². The molecule has 5 aromatic rings. The van der Waals surface area contributed by atoms with E-state index in [4.69, 9.17) is 14.5 Å². The third-order valence-corrected chi connectivity index (χ3v) is 7.38. The minimum absolute atomic E-state index is 0.0579. The summed E-state index contributed by atoms with van der Waals surface area (Å²) in [5.74, 6) is 1.79. The summed E-state index contributed by atoms with van der Waals surface area (Å²) in [7, 11) is 1.63. The van der Waals surface area contributed by atoms with Gasteiger partial charge in [-0.3, -0.25) is 4.79 Å². The SMILES string of the molecule is COc1cc([C@@H]2CC(=O)Nc3c2cnn3-c2nc3ccccc3s2)ccc1OCCc1ccccc1. The number of nitrogens with zero attached hydrogens (tertiary/aromatic N) is 3. The fourth-order valence-electron chi connectivity index (χ4n) is 4.56. The summed E-state index contributed by atoms with van der Waals surface area (Å²) in [5, 5.41) is 8.32. The highest BCUT2D eigenvalue weighted by Gasteiger charge is 2.31. The van der Waals surface area contributed by atoms with Gasteiger partial charge in [-0.25, -0.2) is 4.98 Å². The first-order valence-corrected chi connectivity index (χ1v) is 12.6. The van der Waals surface area contributed by atoms with Gasteiger partial charge in [-0.2, -0.15) is 9.78 Å². The Morgan fingerprint density at radius 3 is 2.72 bits per heavy atom. The molecule has 1 amide bonds. The van der Waals surface area contributed by atoms with Crippen LogP contribution in [0.5, 0.6) is 11.5 Å². The van der Waals surface area contributed by atoms with Crippen molar-refractivity contribution in [3.05, 3.63) is 95.7 Å². The lowest BCUT2D eigenvalue weighted by molar-refractivity contribution is -0.116. The van der Waals surface area contributed by atoms with E-state index in [2.05, 4.69) is 22.5 Å². The Kier molecular flexibility index (Phi) is 5.87. The highest BCUT2D eigenvalue weighted by atomic mass is 32.1. The lowest BCUT2D eigenvalue weighted by atomic mass is 9.87. The number of ether oxygens (including phenoxy) is 2. The van der Waals surface area contributed by atoms with Crippen LogP contribution in [0.3, 0.4) is 0 Å². The summed E-state index contributed by atoms with van der Waals surface area (Å²) in [6.45, 7) is 0.546. The number of fused-ring (bicyclic) bond motifs is 2. The number of amides is 1. The van der Waals surface area contributed by atoms with Gasteiger partial charge in [-0.1, -0.05) is 59.9 Å². The number of aromatic nitrogens is 3. The van der Waals surface area contributed by atoms with Crippen LogP contribution in [-0.4, -0.2) is 34.4 Å². The van der Waals surface area contributed by atoms with Gasteiger partial charge in [0.1, 0.15) is 5.82 Å². The van der Waals surface area contributed by atoms with Gasteiger partial charge in [-0.15, -0.1) is 0 Å². The van der Waals surface area contributed by atoms with Crippen LogP contribution in [0.1, 0.15) is 29.0 Å². The van der Waals surface area contributed by atoms with E-state index in [-0.39, 0.29) is 11.8 Å². The minimum atomic E-state index is -0.149. The molecule has 3 aromatic carbocycles. The van der Waals surface area contributed by atoms with Crippen LogP contribution >= 0.6 is 11.3 Å². The van der Waals surface area contributed by atoms with Crippen LogP contribution in [0.4, 0.5) is 5.82 Å². The number of para-hydroxylation sites is 1. The predicted octanol–water partition coefficient (Wildman–Crippen LogP) is 5.59. The molecular weight excluding hydrogens is 472 g/mol. The summed E-state index contributed by atoms with van der Waals surface area (Å²) in [6, 6.07) is 24.1. The quantitative estimate of drug-likeness (QED) is 0.318. The van der Waals surface area contributed by atoms with Crippen molar-refractivity contribution in [2.45, 2.75) is 18.8 Å². The standard InChI is InChI=1S/C28H24N4O3S/c1-34-24-15-19(11-12-23(24)35-14-13-18-7-3-2-4-8-18)20-16-26(33)31-27-21(20)17-29-32(27)28-30-22-9-5-6-10-25(22)36-28/h2-12,15,17,20H,13-14,16H2,1H3,(H,31,33)/t20-/m0/s1. The van der Waals surface area contributed by atoms with Crippen molar-refractivity contribution < 1.29 is 14.3 Å². The van der Waals surface area contributed by atoms with Gasteiger partial charge in [0.05, 0.1) is 30.1 Å². The first-order valence-electron chi connectivity index (χ1n) is 11.8. The van der Waals surface area contributed by atoms with Crippen LogP contribution in [0.25, 0.3) is 15.3 Å². The maximum absolute atomic E-state index is 12.7. The fourth-order valence-corrected chi connectivity index (χ4v) is 5.49. The number of anilines is 1. The minimum Gasteiger partial charge on any atom is -0.493 e. The molecule has 0 aliphatic carbocycles. The average molecular weight is 497 g/mol. The molecule has 0 unspecified atom stereocenters. The molecule has 1 aliphatic rings. The number of hydrogen-bond donors (Lipinski definition) is 1. The lowest BCUT2D eigenvalue weighted by Gasteiger charge is -2.24. The van der Waals surface area contributed by atoms with E-state index < -0.39 is 0 Å². The number of methoxy groups -OCH3 is 1. The van der Waals surface area contributed by atoms with Crippen LogP contribution in [-0.2, 0) is 11.2 Å². The number of carbonyl (C=O) groups is 1. The Balaban J connectivity index is 1.27. The number of carbonyl (C=O) groups excluding carboxylic acids is 1. The normalized spacial score (nSPS) is 14.9. The van der Waals surface area contributed by atoms with Crippen LogP contribution in [0.2, 0.25) is 0 Å². The van der Waals surface area contributed by atoms with Crippen molar-refractivity contribution in [3.63, 3.8) is 0 Å². The van der Waals surface area contributed by atoms with Crippen molar-refractivity contribution in [2.24, 2.45) is 0 Å². The first-order chi connectivity index (χ1) is 17.7. The molecule has 0 fully saturated rings. The summed E-state index contributed by atoms with van der Waals surface area (Å²) in [4.78, 5) is 17.4. The van der Waals surface area contributed by atoms with Gasteiger partial charge in [0.25, 0.3) is 0 Å². The van der Waals surface area contributed by atoms with Crippen molar-refractivity contribution in [1.82, 2.24) is 14.8 Å². The van der Waals surface area contributed by atoms with Crippen LogP contribution < -0.4 is 14.8 Å². The third kappa shape index (κ3) is 4.20. The number of rotatable bonds is 7. The molecule has 1 atom stereocenters. The highest BCUT2D eigenvalue weighted by Crippen LogP contribution is 2.41. The van der Waals surface area contributed by atoms with Gasteiger partial charge in [0, 0.05) is 24.3 Å². The number of thiazole rings is 1. The molecule has 3 heterocycles. The van der Waals surface area contributed by atoms with Crippen molar-refractivity contribution in [3.8, 4) is 16.6 Å². The molecule has 1 aliphatic heterocycles. The van der Waals surface area contributed by atoms with E-state index in [9.17, 15) is 4.79 Å². The van der Waals surface area contributed by atoms with Crippen molar-refractivity contribution in [2.75, 3.05) is 19.0 Å². The molecule has 0 spiro atoms. The van der Waals surface area contributed by atoms with E-state index in [1.165, 1.54) is 5.56 Å². The maximum Gasteiger partial charge on any atom is 0.226 e. The van der Waals surface area contributed by atoms with Gasteiger partial charge in [-0.05, 0) is 35.4 Å². The maximum atomic E-state index is 12.7. The summed E-state index contributed by atoms with van der Waals surface area (Å²) in [6.07, 6.45) is 2.96. The van der Waals surface area contributed by atoms with Gasteiger partial charge in [0.15, 0.2) is 11.5 Å². The third-order valence-electron chi connectivity index (χ3n) is 6.37. The Hall–Kier alpha value is -4.17. The second-order valence-corrected chi connectivity index (χ2v) is 9.63. The lowest BCUT2D eigenvalue weighted by Crippen LogP contribution is -2.24. The van der Waals surface area contributed by atoms with E-state index in [1.807, 2.05) is 66.9 Å². The molecule has 0 saturated heterocycles. The number of hydrogen-bond acceptors (Lipinski definition) is 6. The zero-order valence-electron chi connectivity index (χ0n) is 19.7. The van der Waals surface area contributed by atoms with Crippen molar-refractivity contribution in [1.29, 1.82) is 0 Å².